The summed E-state index contributed by atoms with van der Waals surface area (Å²) in [6.45, 7) is 3.90. The first kappa shape index (κ1) is 27.7. The molecule has 0 radical (unpaired) electrons. The molecule has 8 heteroatoms. The molecule has 7 unspecified atom stereocenters. The van der Waals surface area contributed by atoms with Gasteiger partial charge in [-0.1, -0.05) is 85.9 Å². The summed E-state index contributed by atoms with van der Waals surface area (Å²) in [5.41, 5.74) is 4.46. The van der Waals surface area contributed by atoms with Crippen LogP contribution in [0.1, 0.15) is 13.8 Å². The van der Waals surface area contributed by atoms with Gasteiger partial charge in [0, 0.05) is 12.6 Å². The summed E-state index contributed by atoms with van der Waals surface area (Å²) in [7, 11) is 0. The number of nitrogens with one attached hydrogen (secondary N) is 1. The lowest BCUT2D eigenvalue weighted by Crippen LogP contribution is -2.59. The van der Waals surface area contributed by atoms with E-state index < -0.39 is 36.2 Å². The van der Waals surface area contributed by atoms with E-state index in [2.05, 4.69) is 5.32 Å². The van der Waals surface area contributed by atoms with Crippen molar-refractivity contribution in [3.05, 3.63) is 85.1 Å². The Labute approximate surface area is 201 Å². The first-order valence-electron chi connectivity index (χ1n) is 11.3. The molecule has 1 fully saturated rings. The molecule has 0 aromatic rings. The van der Waals surface area contributed by atoms with E-state index in [9.17, 15) is 20.1 Å². The van der Waals surface area contributed by atoms with Crippen LogP contribution in [0.25, 0.3) is 0 Å². The minimum Gasteiger partial charge on any atom is -0.389 e. The summed E-state index contributed by atoms with van der Waals surface area (Å²) in [5.74, 6) is -0.0758. The largest absolute Gasteiger partial charge is 0.389 e. The van der Waals surface area contributed by atoms with Crippen molar-refractivity contribution in [2.24, 2.45) is 11.7 Å². The zero-order valence-electron chi connectivity index (χ0n) is 19.6. The van der Waals surface area contributed by atoms with E-state index in [1.807, 2.05) is 49.5 Å². The van der Waals surface area contributed by atoms with Gasteiger partial charge in [0.05, 0.1) is 12.6 Å². The van der Waals surface area contributed by atoms with Crippen LogP contribution in [-0.2, 0) is 14.3 Å². The predicted molar refractivity (Wildman–Crippen MR) is 131 cm³/mol. The van der Waals surface area contributed by atoms with Gasteiger partial charge in [0.15, 0.2) is 6.29 Å². The van der Waals surface area contributed by atoms with Crippen molar-refractivity contribution >= 4 is 5.91 Å². The van der Waals surface area contributed by atoms with Gasteiger partial charge in [0.25, 0.3) is 0 Å². The molecule has 34 heavy (non-hydrogen) atoms. The second-order valence-electron chi connectivity index (χ2n) is 8.48. The molecule has 2 rings (SSSR count). The average molecular weight is 473 g/mol. The maximum atomic E-state index is 12.0. The Bertz CT molecular complexity index is 855. The Hall–Kier alpha value is -2.59. The minimum atomic E-state index is -1.51. The van der Waals surface area contributed by atoms with E-state index in [4.69, 9.17) is 15.2 Å². The van der Waals surface area contributed by atoms with Crippen LogP contribution in [0.5, 0.6) is 0 Å². The van der Waals surface area contributed by atoms with Gasteiger partial charge in [0.1, 0.15) is 23.9 Å². The quantitative estimate of drug-likeness (QED) is 0.407. The third-order valence-corrected chi connectivity index (χ3v) is 5.28. The van der Waals surface area contributed by atoms with Gasteiger partial charge in [0.2, 0.25) is 5.91 Å². The van der Waals surface area contributed by atoms with Crippen LogP contribution >= 0.6 is 0 Å². The van der Waals surface area contributed by atoms with Crippen LogP contribution < -0.4 is 11.1 Å². The number of aliphatic hydroxyl groups excluding tert-OH is 2. The van der Waals surface area contributed by atoms with Crippen molar-refractivity contribution in [1.29, 1.82) is 0 Å². The number of hydrogen-bond acceptors (Lipinski definition) is 7. The number of carbonyl (C=O) groups excluding carboxylic acids is 1. The van der Waals surface area contributed by atoms with Crippen molar-refractivity contribution in [1.82, 2.24) is 5.32 Å². The van der Waals surface area contributed by atoms with E-state index in [1.54, 1.807) is 31.2 Å². The lowest BCUT2D eigenvalue weighted by molar-refractivity contribution is -0.251. The number of allylic oxidation sites excluding steroid dienone is 10. The van der Waals surface area contributed by atoms with Crippen LogP contribution in [-0.4, -0.2) is 70.6 Å². The normalized spacial score (nSPS) is 42.5. The number of ether oxygens (including phenoxy) is 2. The Kier molecular flexibility index (Phi) is 11.4. The van der Waals surface area contributed by atoms with Crippen molar-refractivity contribution in [3.8, 4) is 0 Å². The van der Waals surface area contributed by atoms with Gasteiger partial charge in [-0.25, -0.2) is 0 Å². The summed E-state index contributed by atoms with van der Waals surface area (Å²) >= 11 is 0. The highest BCUT2D eigenvalue weighted by molar-refractivity contribution is 5.87. The van der Waals surface area contributed by atoms with Gasteiger partial charge in [-0.05, 0) is 12.8 Å². The second-order valence-corrected chi connectivity index (χ2v) is 8.48. The number of amides is 1. The molecule has 1 amide bonds. The Morgan fingerprint density at radius 3 is 2.32 bits per heavy atom. The Balaban J connectivity index is 2.23. The van der Waals surface area contributed by atoms with Crippen LogP contribution in [0.15, 0.2) is 85.1 Å². The molecule has 0 aliphatic carbocycles. The third-order valence-electron chi connectivity index (χ3n) is 5.28. The smallest absolute Gasteiger partial charge is 0.243 e. The van der Waals surface area contributed by atoms with Crippen LogP contribution in [0.4, 0.5) is 0 Å². The number of aliphatic hydroxyl groups is 3. The molecule has 1 saturated heterocycles. The highest BCUT2D eigenvalue weighted by Crippen LogP contribution is 2.23. The van der Waals surface area contributed by atoms with Crippen molar-refractivity contribution in [2.45, 2.75) is 50.1 Å². The van der Waals surface area contributed by atoms with Gasteiger partial charge in [-0.3, -0.25) is 4.79 Å². The number of rotatable bonds is 2. The average Bonchev–Trinajstić information content (AvgIpc) is 2.80. The molecule has 7 atom stereocenters. The molecule has 2 aliphatic heterocycles. The van der Waals surface area contributed by atoms with Crippen LogP contribution in [0.3, 0.4) is 0 Å². The topological polar surface area (TPSA) is 134 Å². The number of nitrogens with two attached hydrogens (primary N) is 1. The molecule has 2 aliphatic rings. The summed E-state index contributed by atoms with van der Waals surface area (Å²) < 4.78 is 11.3. The van der Waals surface area contributed by atoms with Gasteiger partial charge in [-0.2, -0.15) is 0 Å². The fraction of sp³-hybridized carbons (Fsp3) is 0.423. The van der Waals surface area contributed by atoms with Gasteiger partial charge < -0.3 is 35.8 Å². The summed E-state index contributed by atoms with van der Waals surface area (Å²) in [6, 6.07) is -0.997. The second kappa shape index (κ2) is 14.0. The van der Waals surface area contributed by atoms with Crippen LogP contribution in [0.2, 0.25) is 0 Å². The lowest BCUT2D eigenvalue weighted by Gasteiger charge is -2.39. The summed E-state index contributed by atoms with van der Waals surface area (Å²) in [4.78, 5) is 12.0. The highest BCUT2D eigenvalue weighted by atomic mass is 16.7. The molecule has 8 nitrogen and oxygen atoms in total. The van der Waals surface area contributed by atoms with E-state index in [1.165, 1.54) is 18.2 Å². The van der Waals surface area contributed by atoms with Crippen molar-refractivity contribution in [2.75, 3.05) is 13.2 Å². The van der Waals surface area contributed by atoms with Crippen LogP contribution in [0, 0.1) is 5.92 Å². The fourth-order valence-corrected chi connectivity index (χ4v) is 3.15. The minimum absolute atomic E-state index is 0.141. The van der Waals surface area contributed by atoms with E-state index >= 15 is 0 Å². The molecule has 0 aromatic carbocycles. The SMILES string of the molecule is CC1/C=C/C=C/C=C\C=C\C=C\C(OC2OCC(O)C(O)C2N)C(C)(O)/C=C/C=C/C(=O)NC1. The first-order valence-corrected chi connectivity index (χ1v) is 11.3. The van der Waals surface area contributed by atoms with E-state index in [-0.39, 0.29) is 18.4 Å². The standard InChI is InChI=1S/C26H36N2O6/c1-19-13-9-7-5-3-4-6-8-10-14-21(34-25-23(27)24(31)20(29)18-33-25)26(2,32)16-12-11-15-22(30)28-17-19/h3-16,19-21,23-25,29,31-32H,17-18,27H2,1-2H3,(H,28,30)/b4-3-,7-5+,8-6+,13-9+,14-10+,15-11+,16-12+. The molecule has 0 bridgehead atoms. The summed E-state index contributed by atoms with van der Waals surface area (Å²) in [6.07, 6.45) is 20.1. The maximum Gasteiger partial charge on any atom is 0.243 e. The Morgan fingerprint density at radius 1 is 1.03 bits per heavy atom. The molecular formula is C26H36N2O6. The number of hydrogen-bond donors (Lipinski definition) is 5. The predicted octanol–water partition coefficient (Wildman–Crippen LogP) is 1.19. The van der Waals surface area contributed by atoms with E-state index in [0.717, 1.165) is 0 Å². The zero-order valence-corrected chi connectivity index (χ0v) is 19.6. The molecule has 0 spiro atoms. The van der Waals surface area contributed by atoms with Gasteiger partial charge in [-0.15, -0.1) is 0 Å². The highest BCUT2D eigenvalue weighted by Gasteiger charge is 2.40. The third kappa shape index (κ3) is 9.34. The van der Waals surface area contributed by atoms with Gasteiger partial charge >= 0.3 is 0 Å². The molecule has 186 valence electrons. The molecule has 0 aromatic heterocycles. The molecular weight excluding hydrogens is 436 g/mol. The zero-order chi connectivity index (χ0) is 25.0. The first-order chi connectivity index (χ1) is 16.2. The summed E-state index contributed by atoms with van der Waals surface area (Å²) in [5, 5.41) is 33.7. The van der Waals surface area contributed by atoms with Crippen molar-refractivity contribution in [3.63, 3.8) is 0 Å². The monoisotopic (exact) mass is 472 g/mol. The van der Waals surface area contributed by atoms with E-state index in [0.29, 0.717) is 6.54 Å². The molecule has 0 saturated carbocycles. The van der Waals surface area contributed by atoms with Crippen molar-refractivity contribution < 1.29 is 29.6 Å². The molecule has 6 N–H and O–H groups in total. The molecule has 2 heterocycles. The number of carbonyl (C=O) groups is 1. The lowest BCUT2D eigenvalue weighted by atomic mass is 9.96. The maximum absolute atomic E-state index is 12.0. The fourth-order valence-electron chi connectivity index (χ4n) is 3.15. The Morgan fingerprint density at radius 2 is 1.65 bits per heavy atom.